The van der Waals surface area contributed by atoms with Gasteiger partial charge in [0.2, 0.25) is 0 Å². The lowest BCUT2D eigenvalue weighted by molar-refractivity contribution is 0.271. The topological polar surface area (TPSA) is 206 Å². The number of halogens is 7. The molecule has 0 aliphatic carbocycles. The van der Waals surface area contributed by atoms with Crippen molar-refractivity contribution in [3.05, 3.63) is 119 Å². The summed E-state index contributed by atoms with van der Waals surface area (Å²) in [5.41, 5.74) is 4.73. The van der Waals surface area contributed by atoms with Crippen LogP contribution in [-0.2, 0) is 50.5 Å². The number of alkyl halides is 1. The Balaban J connectivity index is -0.000000710. The first-order chi connectivity index (χ1) is 28.5. The monoisotopic (exact) mass is 1250 g/mol. The highest BCUT2D eigenvalue weighted by atomic mass is 80.0. The molecule has 0 bridgehead atoms. The normalized spacial score (nSPS) is 9.71. The highest BCUT2D eigenvalue weighted by molar-refractivity contribution is 9.93. The van der Waals surface area contributed by atoms with Crippen LogP contribution in [0.2, 0.25) is 15.5 Å². The summed E-state index contributed by atoms with van der Waals surface area (Å²) in [6.45, 7) is 15.1. The number of rotatable bonds is 10. The first-order valence-corrected chi connectivity index (χ1v) is 28.7. The third kappa shape index (κ3) is 25.1. The summed E-state index contributed by atoms with van der Waals surface area (Å²) in [7, 11) is 0. The van der Waals surface area contributed by atoms with E-state index in [0.29, 0.717) is 42.5 Å². The van der Waals surface area contributed by atoms with E-state index in [4.69, 9.17) is 45.0 Å². The van der Waals surface area contributed by atoms with Crippen LogP contribution in [0.1, 0.15) is 84.1 Å². The van der Waals surface area contributed by atoms with Crippen LogP contribution in [0.25, 0.3) is 0 Å². The molecule has 356 valence electrons. The van der Waals surface area contributed by atoms with Crippen molar-refractivity contribution in [1.29, 1.82) is 0 Å². The van der Waals surface area contributed by atoms with E-state index in [-0.39, 0.29) is 50.6 Å². The molecule has 6 aromatic rings. The van der Waals surface area contributed by atoms with Crippen molar-refractivity contribution in [2.75, 3.05) is 0 Å². The Morgan fingerprint density at radius 2 is 1.17 bits per heavy atom. The lowest BCUT2D eigenvalue weighted by Crippen LogP contribution is -2.08. The van der Waals surface area contributed by atoms with Crippen molar-refractivity contribution in [2.45, 2.75) is 119 Å². The summed E-state index contributed by atoms with van der Waals surface area (Å²) in [5.74, 6) is 0.624. The molecule has 0 spiro atoms. The average Bonchev–Trinajstić information content (AvgIpc) is 3.99. The fourth-order valence-electron chi connectivity index (χ4n) is 4.51. The van der Waals surface area contributed by atoms with Crippen molar-refractivity contribution in [3.63, 3.8) is 0 Å². The van der Waals surface area contributed by atoms with E-state index >= 15 is 0 Å². The fraction of sp³-hybridized carbons (Fsp3) is 0.459. The van der Waals surface area contributed by atoms with E-state index in [1.165, 1.54) is 23.9 Å². The van der Waals surface area contributed by atoms with Crippen LogP contribution in [0.5, 0.6) is 0 Å². The summed E-state index contributed by atoms with van der Waals surface area (Å²) in [6, 6.07) is 2.92. The Bertz CT molecular complexity index is 2220. The lowest BCUT2D eigenvalue weighted by Gasteiger charge is -2.05. The summed E-state index contributed by atoms with van der Waals surface area (Å²) < 4.78 is 7.89. The molecule has 63 heavy (non-hydrogen) atoms. The molecule has 5 N–H and O–H groups in total. The first kappa shape index (κ1) is 65.6. The van der Waals surface area contributed by atoms with E-state index in [1.807, 2.05) is 39.0 Å². The van der Waals surface area contributed by atoms with Crippen LogP contribution in [0, 0.1) is 18.6 Å². The smallest absolute Gasteiger partial charge is 0.251 e. The third-order valence-electron chi connectivity index (χ3n) is 7.37. The number of hydrogen-bond acceptors (Lipinski definition) is 11. The summed E-state index contributed by atoms with van der Waals surface area (Å²) >= 11 is 36.4. The molecule has 0 unspecified atom stereocenters. The largest absolute Gasteiger partial charge is 0.390 e. The second kappa shape index (κ2) is 36.4. The van der Waals surface area contributed by atoms with Crippen molar-refractivity contribution in [3.8, 4) is 0 Å². The Morgan fingerprint density at radius 3 is 1.56 bits per heavy atom. The maximum absolute atomic E-state index is 11.3. The maximum atomic E-state index is 11.3. The molecule has 0 saturated heterocycles. The number of aryl methyl sites for hydroxylation is 6. The Hall–Kier alpha value is -1.69. The number of hydrogen-bond donors (Lipinski definition) is 5. The average molecular weight is 1260 g/mol. The predicted octanol–water partition coefficient (Wildman–Crippen LogP) is 12.2. The molecule has 0 radical (unpaired) electrons. The maximum Gasteiger partial charge on any atom is 0.251 e. The van der Waals surface area contributed by atoms with Crippen LogP contribution >= 0.6 is 125 Å². The van der Waals surface area contributed by atoms with Crippen LogP contribution in [0.15, 0.2) is 58.4 Å². The zero-order valence-corrected chi connectivity index (χ0v) is 44.5. The van der Waals surface area contributed by atoms with E-state index in [9.17, 15) is 9.59 Å². The van der Waals surface area contributed by atoms with E-state index in [2.05, 4.69) is 121 Å². The van der Waals surface area contributed by atoms with Gasteiger partial charge < -0.3 is 38.4 Å². The molecule has 0 aliphatic heterocycles. The van der Waals surface area contributed by atoms with E-state index in [1.54, 1.807) is 45.4 Å². The standard InChI is InChI=1S/C11H13ClN4OS.C6H8BrClN2.C6H9ClN2O.C6H10N2O.C5H6N2OS.3CH4.Br3P/c1-3-16-6-13-10(12)8(16)5-18-11-14-7(2)4-9(17)15-11;1-2-10-4-9-6(8)5(10)3-7;1-2-9-4-8-6(7)5(9)3-10;1-2-8-5-7-3-6(8)4-9;1-3-2-4(8)7-5(9)6-3;;;;1-4(2)3/h4,6H,3,5H2,1-2H3,(H,14,15,17);4H,2-3H2,1H3;4,10H,2-3H2,1H3;3,5,9H,2,4H2,1H3;2H,1H3,(H2,6,7,8,9);3*1H4;. The molecule has 0 amide bonds. The minimum atomic E-state index is -0.183. The van der Waals surface area contributed by atoms with E-state index < -0.39 is 0 Å². The van der Waals surface area contributed by atoms with Gasteiger partial charge in [0.05, 0.1) is 67.5 Å². The van der Waals surface area contributed by atoms with Crippen LogP contribution < -0.4 is 11.1 Å². The van der Waals surface area contributed by atoms with Gasteiger partial charge in [-0.3, -0.25) is 14.6 Å². The molecular weight excluding hydrogens is 1200 g/mol. The lowest BCUT2D eigenvalue weighted by atomic mass is 10.5. The zero-order valence-electron chi connectivity index (χ0n) is 33.3. The first-order valence-electron chi connectivity index (χ1n) is 17.6. The second-order valence-electron chi connectivity index (χ2n) is 11.4. The third-order valence-corrected chi connectivity index (χ3v) is 9.94. The molecule has 6 aromatic heterocycles. The number of thioether (sulfide) groups is 1. The van der Waals surface area contributed by atoms with Crippen LogP contribution in [-0.4, -0.2) is 68.4 Å². The van der Waals surface area contributed by atoms with Crippen molar-refractivity contribution in [2.24, 2.45) is 0 Å². The molecule has 0 aromatic carbocycles. The highest BCUT2D eigenvalue weighted by Crippen LogP contribution is 2.59. The van der Waals surface area contributed by atoms with Gasteiger partial charge in [-0.25, -0.2) is 24.9 Å². The number of H-pyrrole nitrogens is 3. The Labute approximate surface area is 428 Å². The van der Waals surface area contributed by atoms with Gasteiger partial charge in [0.25, 0.3) is 11.1 Å². The molecule has 0 atom stereocenters. The summed E-state index contributed by atoms with van der Waals surface area (Å²) in [4.78, 5) is 49.7. The van der Waals surface area contributed by atoms with Crippen LogP contribution in [0.4, 0.5) is 0 Å². The molecule has 0 fully saturated rings. The number of aromatic nitrogens is 12. The van der Waals surface area contributed by atoms with Gasteiger partial charge in [-0.15, -0.1) is 0 Å². The fourth-order valence-corrected chi connectivity index (χ4v) is 7.21. The molecule has 26 heteroatoms. The molecule has 16 nitrogen and oxygen atoms in total. The van der Waals surface area contributed by atoms with Gasteiger partial charge in [0.15, 0.2) is 25.4 Å². The van der Waals surface area contributed by atoms with Gasteiger partial charge >= 0.3 is 0 Å². The SMILES string of the molecule is BrP(Br)Br.C.C.C.CCn1cnc(Cl)c1CBr.CCn1cnc(Cl)c1CO.CCn1cnc(Cl)c1CSc1nc(C)cc(=O)[nH]1.CCn1cncc1CO.Cc1cc(=O)[nH]c(=S)[nH]1. The minimum Gasteiger partial charge on any atom is -0.390 e. The predicted molar refractivity (Wildman–Crippen MR) is 281 cm³/mol. The van der Waals surface area contributed by atoms with Crippen molar-refractivity contribution in [1.82, 2.24) is 58.1 Å². The minimum absolute atomic E-state index is 0. The van der Waals surface area contributed by atoms with Gasteiger partial charge in [-0.05, 0) is 100 Å². The zero-order chi connectivity index (χ0) is 45.4. The number of nitrogens with zero attached hydrogens (tertiary/aromatic N) is 9. The number of nitrogens with one attached hydrogen (secondary N) is 3. The molecule has 0 aliphatic rings. The van der Waals surface area contributed by atoms with Gasteiger partial charge in [-0.2, -0.15) is 0 Å². The number of aliphatic hydroxyl groups excluding tert-OH is 2. The number of aliphatic hydroxyl groups is 2. The molecule has 6 rings (SSSR count). The van der Waals surface area contributed by atoms with Crippen molar-refractivity contribution < 1.29 is 10.2 Å². The molecule has 6 heterocycles. The summed E-state index contributed by atoms with van der Waals surface area (Å²) in [6.07, 6.45) is 8.46. The highest BCUT2D eigenvalue weighted by Gasteiger charge is 2.10. The Kier molecular flexibility index (Phi) is 37.9. The number of imidazole rings is 4. The van der Waals surface area contributed by atoms with Gasteiger partial charge in [0.1, 0.15) is 4.03 Å². The summed E-state index contributed by atoms with van der Waals surface area (Å²) in [5, 5.41) is 20.3. The number of aromatic amines is 3. The van der Waals surface area contributed by atoms with Gasteiger partial charge in [-0.1, -0.05) is 84.8 Å². The van der Waals surface area contributed by atoms with Gasteiger partial charge in [0, 0.05) is 60.8 Å². The molecule has 0 saturated carbocycles. The Morgan fingerprint density at radius 1 is 0.714 bits per heavy atom. The van der Waals surface area contributed by atoms with Crippen molar-refractivity contribution >= 4 is 125 Å². The van der Waals surface area contributed by atoms with Crippen LogP contribution in [0.3, 0.4) is 0 Å². The molecular formula is C37H58Br4Cl3N12O4PS2. The quantitative estimate of drug-likeness (QED) is 0.0287. The van der Waals surface area contributed by atoms with E-state index in [0.717, 1.165) is 54.3 Å². The second-order valence-corrected chi connectivity index (χ2v) is 29.7.